The molecule has 7 heteroatoms. The van der Waals surface area contributed by atoms with Crippen LogP contribution in [0.15, 0.2) is 60.0 Å². The van der Waals surface area contributed by atoms with E-state index in [1.165, 1.54) is 0 Å². The van der Waals surface area contributed by atoms with E-state index in [4.69, 9.17) is 33.7 Å². The topological polar surface area (TPSA) is 87.7 Å². The second-order valence-electron chi connectivity index (χ2n) is 5.75. The van der Waals surface area contributed by atoms with Gasteiger partial charge in [0.05, 0.1) is 27.2 Å². The molecular weight excluding hydrogens is 371 g/mol. The van der Waals surface area contributed by atoms with Crippen LogP contribution in [0.5, 0.6) is 5.88 Å². The van der Waals surface area contributed by atoms with Crippen molar-refractivity contribution >= 4 is 23.2 Å². The Hall–Kier alpha value is -2.94. The number of aromatic nitrogens is 2. The largest absolute Gasteiger partial charge is 0.420 e. The van der Waals surface area contributed by atoms with Gasteiger partial charge < -0.3 is 10.5 Å². The van der Waals surface area contributed by atoms with Crippen LogP contribution < -0.4 is 10.5 Å². The van der Waals surface area contributed by atoms with Gasteiger partial charge in [0.15, 0.2) is 0 Å². The second-order valence-corrected chi connectivity index (χ2v) is 6.54. The third-order valence-electron chi connectivity index (χ3n) is 4.29. The van der Waals surface area contributed by atoms with Gasteiger partial charge in [0.1, 0.15) is 11.6 Å². The van der Waals surface area contributed by atoms with Crippen molar-refractivity contribution < 1.29 is 4.74 Å². The highest BCUT2D eigenvalue weighted by atomic mass is 35.5. The van der Waals surface area contributed by atoms with Gasteiger partial charge in [0, 0.05) is 0 Å². The molecule has 0 unspecified atom stereocenters. The Bertz CT molecular complexity index is 1070. The lowest BCUT2D eigenvalue weighted by molar-refractivity contribution is 0.379. The number of nitrogens with zero attached hydrogens (tertiary/aromatic N) is 2. The average Bonchev–Trinajstić information content (AvgIpc) is 3.07. The fraction of sp³-hybridized carbons (Fsp3) is 0.0526. The summed E-state index contributed by atoms with van der Waals surface area (Å²) in [6, 6.07) is 17.1. The van der Waals surface area contributed by atoms with E-state index in [1.54, 1.807) is 12.1 Å². The molecule has 3 aromatic rings. The highest BCUT2D eigenvalue weighted by Crippen LogP contribution is 2.48. The third-order valence-corrected chi connectivity index (χ3v) is 5.13. The van der Waals surface area contributed by atoms with Crippen molar-refractivity contribution in [3.05, 3.63) is 81.2 Å². The molecule has 2 aromatic carbocycles. The van der Waals surface area contributed by atoms with Crippen LogP contribution >= 0.6 is 23.2 Å². The Labute approximate surface area is 159 Å². The molecule has 2 heterocycles. The van der Waals surface area contributed by atoms with E-state index in [9.17, 15) is 5.26 Å². The van der Waals surface area contributed by atoms with Crippen LogP contribution in [-0.4, -0.2) is 10.2 Å². The highest BCUT2D eigenvalue weighted by Gasteiger charge is 2.36. The molecule has 0 saturated carbocycles. The van der Waals surface area contributed by atoms with Crippen LogP contribution in [0.4, 0.5) is 0 Å². The molecule has 0 aliphatic carbocycles. The number of nitrogens with two attached hydrogens (primary N) is 1. The molecule has 0 bridgehead atoms. The molecule has 1 aliphatic rings. The van der Waals surface area contributed by atoms with E-state index in [0.29, 0.717) is 27.1 Å². The third kappa shape index (κ3) is 2.51. The van der Waals surface area contributed by atoms with Gasteiger partial charge in [-0.2, -0.15) is 5.26 Å². The van der Waals surface area contributed by atoms with Crippen LogP contribution in [0.25, 0.3) is 11.3 Å². The number of H-pyrrole nitrogens is 1. The normalized spacial score (nSPS) is 16.0. The zero-order valence-corrected chi connectivity index (χ0v) is 14.8. The molecule has 0 spiro atoms. The molecule has 1 aromatic heterocycles. The first-order valence-corrected chi connectivity index (χ1v) is 8.52. The fourth-order valence-corrected chi connectivity index (χ4v) is 3.54. The molecular formula is C19H12Cl2N4O. The quantitative estimate of drug-likeness (QED) is 0.677. The summed E-state index contributed by atoms with van der Waals surface area (Å²) >= 11 is 12.7. The number of hydrogen-bond acceptors (Lipinski definition) is 4. The van der Waals surface area contributed by atoms with Gasteiger partial charge in [-0.05, 0) is 17.2 Å². The van der Waals surface area contributed by atoms with Gasteiger partial charge in [-0.1, -0.05) is 65.7 Å². The number of hydrogen-bond donors (Lipinski definition) is 2. The zero-order chi connectivity index (χ0) is 18.3. The molecule has 1 aliphatic heterocycles. The summed E-state index contributed by atoms with van der Waals surface area (Å²) in [5.41, 5.74) is 9.25. The zero-order valence-electron chi connectivity index (χ0n) is 13.3. The molecule has 3 N–H and O–H groups in total. The number of nitrogens with one attached hydrogen (secondary N) is 1. The van der Waals surface area contributed by atoms with Crippen LogP contribution in [0, 0.1) is 11.3 Å². The molecule has 0 amide bonds. The monoisotopic (exact) mass is 382 g/mol. The Morgan fingerprint density at radius 3 is 2.62 bits per heavy atom. The fourth-order valence-electron chi connectivity index (χ4n) is 3.12. The minimum atomic E-state index is -0.538. The Morgan fingerprint density at radius 2 is 1.88 bits per heavy atom. The Morgan fingerprint density at radius 1 is 1.12 bits per heavy atom. The van der Waals surface area contributed by atoms with Gasteiger partial charge in [0.25, 0.3) is 0 Å². The summed E-state index contributed by atoms with van der Waals surface area (Å²) < 4.78 is 5.58. The van der Waals surface area contributed by atoms with Crippen molar-refractivity contribution in [1.82, 2.24) is 10.2 Å². The minimum Gasteiger partial charge on any atom is -0.420 e. The molecule has 0 saturated heterocycles. The first-order chi connectivity index (χ1) is 12.6. The van der Waals surface area contributed by atoms with Gasteiger partial charge >= 0.3 is 0 Å². The molecule has 1 atom stereocenters. The predicted octanol–water partition coefficient (Wildman–Crippen LogP) is 4.60. The number of fused-ring (bicyclic) bond motifs is 1. The summed E-state index contributed by atoms with van der Waals surface area (Å²) in [4.78, 5) is 0. The average molecular weight is 383 g/mol. The van der Waals surface area contributed by atoms with Crippen LogP contribution in [-0.2, 0) is 0 Å². The number of allylic oxidation sites excluding steroid dienone is 1. The minimum absolute atomic E-state index is 0.00662. The number of halogens is 2. The van der Waals surface area contributed by atoms with E-state index in [1.807, 2.05) is 36.4 Å². The van der Waals surface area contributed by atoms with Gasteiger partial charge in [-0.25, -0.2) is 0 Å². The lowest BCUT2D eigenvalue weighted by atomic mass is 9.83. The number of ether oxygens (including phenoxy) is 1. The van der Waals surface area contributed by atoms with E-state index < -0.39 is 5.92 Å². The molecule has 26 heavy (non-hydrogen) atoms. The van der Waals surface area contributed by atoms with Gasteiger partial charge in [-0.15, -0.1) is 5.10 Å². The second kappa shape index (κ2) is 6.41. The van der Waals surface area contributed by atoms with Crippen LogP contribution in [0.2, 0.25) is 10.0 Å². The first kappa shape index (κ1) is 16.5. The SMILES string of the molecule is N#CC1=C(N)Oc2n[nH]c(-c3ccccc3)c2[C@@H]1c1cccc(Cl)c1Cl. The van der Waals surface area contributed by atoms with Crippen molar-refractivity contribution in [3.63, 3.8) is 0 Å². The van der Waals surface area contributed by atoms with Crippen molar-refractivity contribution in [2.24, 2.45) is 5.73 Å². The van der Waals surface area contributed by atoms with E-state index in [2.05, 4.69) is 16.3 Å². The maximum atomic E-state index is 9.70. The number of benzene rings is 2. The Kier molecular flexibility index (Phi) is 4.08. The summed E-state index contributed by atoms with van der Waals surface area (Å²) in [5, 5.41) is 17.7. The summed E-state index contributed by atoms with van der Waals surface area (Å²) in [5.74, 6) is -0.211. The van der Waals surface area contributed by atoms with Crippen molar-refractivity contribution in [2.45, 2.75) is 5.92 Å². The molecule has 0 radical (unpaired) electrons. The molecule has 0 fully saturated rings. The van der Waals surface area contributed by atoms with Crippen LogP contribution in [0.3, 0.4) is 0 Å². The Balaban J connectivity index is 2.00. The summed E-state index contributed by atoms with van der Waals surface area (Å²) in [7, 11) is 0. The summed E-state index contributed by atoms with van der Waals surface area (Å²) in [6.45, 7) is 0. The predicted molar refractivity (Wildman–Crippen MR) is 99.8 cm³/mol. The number of nitriles is 1. The smallest absolute Gasteiger partial charge is 0.244 e. The van der Waals surface area contributed by atoms with E-state index in [0.717, 1.165) is 11.3 Å². The van der Waals surface area contributed by atoms with Crippen molar-refractivity contribution in [1.29, 1.82) is 5.26 Å². The standard InChI is InChI=1S/C19H12Cl2N4O/c20-13-8-4-7-11(16(13)21)14-12(9-22)18(23)26-19-15(14)17(24-25-19)10-5-2-1-3-6-10/h1-8,14H,23H2,(H,24,25)/t14-/m1/s1. The van der Waals surface area contributed by atoms with Gasteiger partial charge in [0.2, 0.25) is 11.8 Å². The van der Waals surface area contributed by atoms with E-state index >= 15 is 0 Å². The van der Waals surface area contributed by atoms with Crippen LogP contribution in [0.1, 0.15) is 17.0 Å². The lowest BCUT2D eigenvalue weighted by Crippen LogP contribution is -2.21. The highest BCUT2D eigenvalue weighted by molar-refractivity contribution is 6.42. The maximum absolute atomic E-state index is 9.70. The number of aromatic amines is 1. The van der Waals surface area contributed by atoms with Crippen molar-refractivity contribution in [2.75, 3.05) is 0 Å². The maximum Gasteiger partial charge on any atom is 0.244 e. The summed E-state index contributed by atoms with van der Waals surface area (Å²) in [6.07, 6.45) is 0. The van der Waals surface area contributed by atoms with Crippen molar-refractivity contribution in [3.8, 4) is 23.2 Å². The molecule has 5 nitrogen and oxygen atoms in total. The lowest BCUT2D eigenvalue weighted by Gasteiger charge is -2.25. The number of rotatable bonds is 2. The van der Waals surface area contributed by atoms with Gasteiger partial charge in [-0.3, -0.25) is 5.10 Å². The van der Waals surface area contributed by atoms with E-state index in [-0.39, 0.29) is 11.5 Å². The molecule has 128 valence electrons. The molecule has 4 rings (SSSR count). The first-order valence-electron chi connectivity index (χ1n) is 7.77.